The van der Waals surface area contributed by atoms with E-state index in [2.05, 4.69) is 10.3 Å². The Labute approximate surface area is 165 Å². The molecule has 1 heterocycles. The number of benzene rings is 1. The van der Waals surface area contributed by atoms with Gasteiger partial charge in [0, 0.05) is 11.1 Å². The van der Waals surface area contributed by atoms with Crippen LogP contribution in [0.1, 0.15) is 45.1 Å². The van der Waals surface area contributed by atoms with Gasteiger partial charge in [0.1, 0.15) is 0 Å². The minimum absolute atomic E-state index is 0.0488. The second-order valence-corrected chi connectivity index (χ2v) is 8.38. The molecule has 1 aromatic heterocycles. The number of nitrogens with one attached hydrogen (secondary N) is 1. The highest BCUT2D eigenvalue weighted by atomic mass is 35.5. The first-order valence-electron chi connectivity index (χ1n) is 8.85. The van der Waals surface area contributed by atoms with Gasteiger partial charge in [0.2, 0.25) is 5.91 Å². The van der Waals surface area contributed by atoms with E-state index >= 15 is 0 Å². The summed E-state index contributed by atoms with van der Waals surface area (Å²) in [6, 6.07) is 4.14. The second-order valence-electron chi connectivity index (χ2n) is 6.64. The molecule has 9 heteroatoms. The molecule has 1 fully saturated rings. The Hall–Kier alpha value is -2.06. The topological polar surface area (TPSA) is 107 Å². The largest absolute Gasteiger partial charge is 0.351 e. The van der Waals surface area contributed by atoms with Crippen LogP contribution in [-0.4, -0.2) is 26.7 Å². The Morgan fingerprint density at radius 1 is 1.33 bits per heavy atom. The van der Waals surface area contributed by atoms with Gasteiger partial charge < -0.3 is 5.73 Å². The summed E-state index contributed by atoms with van der Waals surface area (Å²) in [4.78, 5) is 40.8. The number of halogens is 1. The van der Waals surface area contributed by atoms with Crippen molar-refractivity contribution in [1.82, 2.24) is 14.9 Å². The molecule has 1 aliphatic rings. The van der Waals surface area contributed by atoms with Crippen molar-refractivity contribution in [2.75, 3.05) is 0 Å². The smallest absolute Gasteiger partial charge is 0.318 e. The number of hydrogen-bond acceptors (Lipinski definition) is 5. The van der Waals surface area contributed by atoms with Crippen LogP contribution in [0.4, 0.5) is 4.79 Å². The quantitative estimate of drug-likeness (QED) is 0.596. The Kier molecular flexibility index (Phi) is 6.06. The van der Waals surface area contributed by atoms with Crippen molar-refractivity contribution in [3.05, 3.63) is 33.6 Å². The van der Waals surface area contributed by atoms with Gasteiger partial charge in [-0.05, 0) is 38.0 Å². The minimum atomic E-state index is -0.907. The molecule has 3 amide bonds. The molecule has 27 heavy (non-hydrogen) atoms. The fraction of sp³-hybridized carbons (Fsp3) is 0.444. The van der Waals surface area contributed by atoms with Crippen LogP contribution in [0.25, 0.3) is 10.9 Å². The summed E-state index contributed by atoms with van der Waals surface area (Å²) in [7, 11) is 0. The van der Waals surface area contributed by atoms with Crippen LogP contribution in [0.3, 0.4) is 0 Å². The zero-order chi connectivity index (χ0) is 19.6. The number of nitrogens with zero attached hydrogens (tertiary/aromatic N) is 2. The predicted octanol–water partition coefficient (Wildman–Crippen LogP) is 3.23. The van der Waals surface area contributed by atoms with E-state index < -0.39 is 17.2 Å². The summed E-state index contributed by atoms with van der Waals surface area (Å²) in [5.41, 5.74) is 5.38. The molecule has 0 unspecified atom stereocenters. The number of urea groups is 1. The molecule has 0 radical (unpaired) electrons. The SMILES string of the molecule is C[C@@H](Sc1nc2cc(Cl)ccc2c(=O)n1C1CCCCC1)C(=O)NC(N)=O. The number of fused-ring (bicyclic) bond motifs is 1. The fourth-order valence-corrected chi connectivity index (χ4v) is 4.48. The van der Waals surface area contributed by atoms with E-state index in [4.69, 9.17) is 17.3 Å². The number of hydrogen-bond donors (Lipinski definition) is 2. The number of rotatable bonds is 4. The minimum Gasteiger partial charge on any atom is -0.351 e. The molecule has 0 spiro atoms. The van der Waals surface area contributed by atoms with Crippen molar-refractivity contribution >= 4 is 46.2 Å². The van der Waals surface area contributed by atoms with Gasteiger partial charge in [-0.2, -0.15) is 0 Å². The molecule has 144 valence electrons. The molecule has 1 aliphatic carbocycles. The molecular weight excluding hydrogens is 388 g/mol. The summed E-state index contributed by atoms with van der Waals surface area (Å²) in [6.45, 7) is 1.64. The van der Waals surface area contributed by atoms with Gasteiger partial charge in [-0.3, -0.25) is 19.5 Å². The van der Waals surface area contributed by atoms with Crippen molar-refractivity contribution in [2.24, 2.45) is 5.73 Å². The summed E-state index contributed by atoms with van der Waals surface area (Å²) in [6.07, 6.45) is 5.06. The molecule has 3 rings (SSSR count). The Morgan fingerprint density at radius 3 is 2.70 bits per heavy atom. The van der Waals surface area contributed by atoms with E-state index in [0.717, 1.165) is 43.9 Å². The highest BCUT2D eigenvalue weighted by Gasteiger charge is 2.25. The van der Waals surface area contributed by atoms with Crippen LogP contribution in [0.15, 0.2) is 28.2 Å². The predicted molar refractivity (Wildman–Crippen MR) is 106 cm³/mol. The number of carbonyl (C=O) groups excluding carboxylic acids is 2. The number of nitrogens with two attached hydrogens (primary N) is 1. The lowest BCUT2D eigenvalue weighted by Gasteiger charge is -2.26. The molecule has 1 saturated carbocycles. The maximum absolute atomic E-state index is 13.2. The number of aromatic nitrogens is 2. The fourth-order valence-electron chi connectivity index (χ4n) is 3.33. The monoisotopic (exact) mass is 408 g/mol. The Bertz CT molecular complexity index is 940. The average Bonchev–Trinajstić information content (AvgIpc) is 2.61. The van der Waals surface area contributed by atoms with E-state index in [-0.39, 0.29) is 11.6 Å². The Morgan fingerprint density at radius 2 is 2.04 bits per heavy atom. The van der Waals surface area contributed by atoms with Crippen LogP contribution in [0.5, 0.6) is 0 Å². The summed E-state index contributed by atoms with van der Waals surface area (Å²) in [5.74, 6) is -0.525. The van der Waals surface area contributed by atoms with Crippen LogP contribution in [0.2, 0.25) is 5.02 Å². The molecule has 2 aromatic rings. The van der Waals surface area contributed by atoms with Crippen molar-refractivity contribution in [3.8, 4) is 0 Å². The standard InChI is InChI=1S/C18H21ClN4O3S/c1-10(15(24)22-17(20)26)27-18-21-14-9-11(19)7-8-13(14)16(25)23(18)12-5-3-2-4-6-12/h7-10,12H,2-6H2,1H3,(H3,20,22,24,26)/t10-/m1/s1. The second kappa shape index (κ2) is 8.31. The maximum Gasteiger partial charge on any atom is 0.318 e. The van der Waals surface area contributed by atoms with Crippen molar-refractivity contribution in [2.45, 2.75) is 55.5 Å². The van der Waals surface area contributed by atoms with Gasteiger partial charge in [-0.15, -0.1) is 0 Å². The number of primary amides is 1. The third-order valence-corrected chi connectivity index (χ3v) is 5.97. The van der Waals surface area contributed by atoms with E-state index in [1.54, 1.807) is 29.7 Å². The van der Waals surface area contributed by atoms with Gasteiger partial charge in [0.15, 0.2) is 5.16 Å². The summed E-state index contributed by atoms with van der Waals surface area (Å²) >= 11 is 7.19. The first-order chi connectivity index (χ1) is 12.9. The van der Waals surface area contributed by atoms with E-state index in [0.29, 0.717) is 21.1 Å². The highest BCUT2D eigenvalue weighted by Crippen LogP contribution is 2.32. The lowest BCUT2D eigenvalue weighted by Crippen LogP contribution is -2.39. The van der Waals surface area contributed by atoms with E-state index in [1.165, 1.54) is 0 Å². The highest BCUT2D eigenvalue weighted by molar-refractivity contribution is 8.00. The molecule has 7 nitrogen and oxygen atoms in total. The lowest BCUT2D eigenvalue weighted by molar-refractivity contribution is -0.119. The van der Waals surface area contributed by atoms with Gasteiger partial charge in [-0.1, -0.05) is 42.6 Å². The maximum atomic E-state index is 13.2. The summed E-state index contributed by atoms with van der Waals surface area (Å²) < 4.78 is 1.70. The van der Waals surface area contributed by atoms with E-state index in [9.17, 15) is 14.4 Å². The lowest BCUT2D eigenvalue weighted by atomic mass is 9.95. The zero-order valence-electron chi connectivity index (χ0n) is 14.9. The molecule has 1 aromatic carbocycles. The van der Waals surface area contributed by atoms with Crippen LogP contribution >= 0.6 is 23.4 Å². The Balaban J connectivity index is 2.06. The first kappa shape index (κ1) is 19.7. The van der Waals surface area contributed by atoms with Crippen molar-refractivity contribution in [1.29, 1.82) is 0 Å². The third kappa shape index (κ3) is 4.44. The normalized spacial score (nSPS) is 16.2. The molecule has 1 atom stereocenters. The van der Waals surface area contributed by atoms with E-state index in [1.807, 2.05) is 0 Å². The van der Waals surface area contributed by atoms with Crippen molar-refractivity contribution < 1.29 is 9.59 Å². The van der Waals surface area contributed by atoms with Gasteiger partial charge in [-0.25, -0.2) is 9.78 Å². The van der Waals surface area contributed by atoms with Crippen LogP contribution < -0.4 is 16.6 Å². The van der Waals surface area contributed by atoms with Crippen molar-refractivity contribution in [3.63, 3.8) is 0 Å². The van der Waals surface area contributed by atoms with Crippen LogP contribution in [0, 0.1) is 0 Å². The first-order valence-corrected chi connectivity index (χ1v) is 10.1. The zero-order valence-corrected chi connectivity index (χ0v) is 16.5. The van der Waals surface area contributed by atoms with Crippen LogP contribution in [-0.2, 0) is 4.79 Å². The third-order valence-electron chi connectivity index (χ3n) is 4.67. The number of amides is 3. The number of carbonyl (C=O) groups is 2. The molecule has 0 aliphatic heterocycles. The van der Waals surface area contributed by atoms with Gasteiger partial charge in [0.25, 0.3) is 5.56 Å². The van der Waals surface area contributed by atoms with Gasteiger partial charge >= 0.3 is 6.03 Å². The average molecular weight is 409 g/mol. The number of imide groups is 1. The molecule has 3 N–H and O–H groups in total. The van der Waals surface area contributed by atoms with Gasteiger partial charge in [0.05, 0.1) is 16.2 Å². The molecular formula is C18H21ClN4O3S. The molecule has 0 bridgehead atoms. The molecule has 0 saturated heterocycles. The summed E-state index contributed by atoms with van der Waals surface area (Å²) in [5, 5.41) is 2.87. The number of thioether (sulfide) groups is 1.